The van der Waals surface area contributed by atoms with E-state index in [1.165, 1.54) is 5.56 Å². The standard InChI is InChI=1S/C21H23NO2/c1-17(2)21(15-19-11-7-4-8-12-19)16-24-20(23)22(21)14-13-18-9-5-3-6-10-18/h3-14,17H,15-16H2,1-2H3/b14-13-/t21-/m1/s1. The first-order valence-electron chi connectivity index (χ1n) is 8.35. The minimum Gasteiger partial charge on any atom is -0.447 e. The van der Waals surface area contributed by atoms with Crippen LogP contribution in [0.15, 0.2) is 66.9 Å². The Morgan fingerprint density at radius 3 is 2.33 bits per heavy atom. The zero-order valence-electron chi connectivity index (χ0n) is 14.2. The lowest BCUT2D eigenvalue weighted by atomic mass is 9.80. The highest BCUT2D eigenvalue weighted by atomic mass is 16.6. The Labute approximate surface area is 143 Å². The van der Waals surface area contributed by atoms with Gasteiger partial charge in [0.1, 0.15) is 6.61 Å². The van der Waals surface area contributed by atoms with E-state index in [9.17, 15) is 4.79 Å². The molecule has 24 heavy (non-hydrogen) atoms. The van der Waals surface area contributed by atoms with Crippen molar-refractivity contribution < 1.29 is 9.53 Å². The Morgan fingerprint density at radius 2 is 1.71 bits per heavy atom. The molecule has 2 aromatic carbocycles. The van der Waals surface area contributed by atoms with Crippen LogP contribution in [0.2, 0.25) is 0 Å². The summed E-state index contributed by atoms with van der Waals surface area (Å²) in [6, 6.07) is 20.3. The quantitative estimate of drug-likeness (QED) is 0.795. The van der Waals surface area contributed by atoms with E-state index in [0.29, 0.717) is 6.61 Å². The number of nitrogens with zero attached hydrogens (tertiary/aromatic N) is 1. The van der Waals surface area contributed by atoms with E-state index >= 15 is 0 Å². The normalized spacial score (nSPS) is 20.8. The molecule has 3 nitrogen and oxygen atoms in total. The first-order valence-corrected chi connectivity index (χ1v) is 8.35. The smallest absolute Gasteiger partial charge is 0.414 e. The third-order valence-corrected chi connectivity index (χ3v) is 4.77. The van der Waals surface area contributed by atoms with Crippen LogP contribution < -0.4 is 0 Å². The monoisotopic (exact) mass is 321 g/mol. The molecule has 1 saturated heterocycles. The second-order valence-electron chi connectivity index (χ2n) is 6.57. The van der Waals surface area contributed by atoms with Crippen LogP contribution in [0.5, 0.6) is 0 Å². The van der Waals surface area contributed by atoms with Gasteiger partial charge in [-0.15, -0.1) is 0 Å². The highest BCUT2D eigenvalue weighted by molar-refractivity contribution is 5.74. The van der Waals surface area contributed by atoms with E-state index in [1.807, 2.05) is 60.8 Å². The van der Waals surface area contributed by atoms with Crippen molar-refractivity contribution in [2.75, 3.05) is 6.61 Å². The fourth-order valence-corrected chi connectivity index (χ4v) is 3.18. The summed E-state index contributed by atoms with van der Waals surface area (Å²) in [6.07, 6.45) is 4.34. The minimum absolute atomic E-state index is 0.268. The zero-order chi connectivity index (χ0) is 17.0. The topological polar surface area (TPSA) is 29.5 Å². The first-order chi connectivity index (χ1) is 11.6. The summed E-state index contributed by atoms with van der Waals surface area (Å²) in [5, 5.41) is 0. The largest absolute Gasteiger partial charge is 0.447 e. The molecule has 1 atom stereocenters. The van der Waals surface area contributed by atoms with Gasteiger partial charge in [-0.25, -0.2) is 4.79 Å². The summed E-state index contributed by atoms with van der Waals surface area (Å²) in [7, 11) is 0. The predicted molar refractivity (Wildman–Crippen MR) is 96.4 cm³/mol. The number of amides is 1. The van der Waals surface area contributed by atoms with Gasteiger partial charge in [-0.1, -0.05) is 74.5 Å². The van der Waals surface area contributed by atoms with Crippen molar-refractivity contribution in [3.8, 4) is 0 Å². The second kappa shape index (κ2) is 6.91. The Bertz CT molecular complexity index is 709. The van der Waals surface area contributed by atoms with Gasteiger partial charge < -0.3 is 4.74 Å². The van der Waals surface area contributed by atoms with Gasteiger partial charge in [0.25, 0.3) is 0 Å². The van der Waals surface area contributed by atoms with Crippen LogP contribution in [-0.4, -0.2) is 23.1 Å². The summed E-state index contributed by atoms with van der Waals surface area (Å²) in [4.78, 5) is 14.1. The van der Waals surface area contributed by atoms with E-state index in [0.717, 1.165) is 12.0 Å². The molecule has 1 aliphatic heterocycles. The third-order valence-electron chi connectivity index (χ3n) is 4.77. The molecule has 1 amide bonds. The Balaban J connectivity index is 1.91. The molecule has 0 aliphatic carbocycles. The van der Waals surface area contributed by atoms with Crippen LogP contribution in [0, 0.1) is 5.92 Å². The summed E-state index contributed by atoms with van der Waals surface area (Å²) in [6.45, 7) is 4.71. The fourth-order valence-electron chi connectivity index (χ4n) is 3.18. The average molecular weight is 321 g/mol. The van der Waals surface area contributed by atoms with E-state index in [-0.39, 0.29) is 17.6 Å². The zero-order valence-corrected chi connectivity index (χ0v) is 14.2. The van der Waals surface area contributed by atoms with Crippen LogP contribution in [0.1, 0.15) is 25.0 Å². The number of benzene rings is 2. The number of ether oxygens (including phenoxy) is 1. The lowest BCUT2D eigenvalue weighted by Gasteiger charge is -2.37. The summed E-state index contributed by atoms with van der Waals surface area (Å²) in [5.74, 6) is 0.268. The Kier molecular flexibility index (Phi) is 4.70. The van der Waals surface area contributed by atoms with E-state index in [2.05, 4.69) is 26.0 Å². The molecular formula is C21H23NO2. The number of hydrogen-bond acceptors (Lipinski definition) is 2. The van der Waals surface area contributed by atoms with Crippen molar-refractivity contribution in [3.05, 3.63) is 78.0 Å². The second-order valence-corrected chi connectivity index (χ2v) is 6.57. The van der Waals surface area contributed by atoms with Crippen LogP contribution in [0.25, 0.3) is 6.08 Å². The maximum absolute atomic E-state index is 12.4. The lowest BCUT2D eigenvalue weighted by Crippen LogP contribution is -2.50. The molecule has 0 N–H and O–H groups in total. The van der Waals surface area contributed by atoms with Gasteiger partial charge in [-0.05, 0) is 29.5 Å². The molecule has 2 aromatic rings. The van der Waals surface area contributed by atoms with Gasteiger partial charge in [-0.3, -0.25) is 4.90 Å². The van der Waals surface area contributed by atoms with Gasteiger partial charge in [0.05, 0.1) is 5.54 Å². The van der Waals surface area contributed by atoms with Crippen molar-refractivity contribution in [1.82, 2.24) is 4.90 Å². The van der Waals surface area contributed by atoms with Crippen molar-refractivity contribution in [2.45, 2.75) is 25.8 Å². The van der Waals surface area contributed by atoms with Crippen molar-refractivity contribution in [1.29, 1.82) is 0 Å². The maximum Gasteiger partial charge on any atom is 0.414 e. The Hall–Kier alpha value is -2.55. The number of carbonyl (C=O) groups excluding carboxylic acids is 1. The molecule has 0 aromatic heterocycles. The molecule has 3 heteroatoms. The molecule has 1 heterocycles. The SMILES string of the molecule is CC(C)[C@@]1(Cc2ccccc2)COC(=O)N1/C=C\c1ccccc1. The van der Waals surface area contributed by atoms with Crippen molar-refractivity contribution in [3.63, 3.8) is 0 Å². The third kappa shape index (κ3) is 3.21. The van der Waals surface area contributed by atoms with Crippen LogP contribution in [0.3, 0.4) is 0 Å². The van der Waals surface area contributed by atoms with E-state index < -0.39 is 0 Å². The van der Waals surface area contributed by atoms with Crippen LogP contribution in [-0.2, 0) is 11.2 Å². The van der Waals surface area contributed by atoms with Gasteiger partial charge in [0.15, 0.2) is 0 Å². The average Bonchev–Trinajstić information content (AvgIpc) is 2.92. The fraction of sp³-hybridized carbons (Fsp3) is 0.286. The molecule has 3 rings (SSSR count). The van der Waals surface area contributed by atoms with Crippen molar-refractivity contribution in [2.24, 2.45) is 5.92 Å². The van der Waals surface area contributed by atoms with Crippen LogP contribution >= 0.6 is 0 Å². The number of cyclic esters (lactones) is 1. The highest BCUT2D eigenvalue weighted by Gasteiger charge is 2.48. The molecule has 0 saturated carbocycles. The lowest BCUT2D eigenvalue weighted by molar-refractivity contribution is 0.152. The van der Waals surface area contributed by atoms with Gasteiger partial charge in [0, 0.05) is 6.20 Å². The molecule has 0 unspecified atom stereocenters. The number of hydrogen-bond donors (Lipinski definition) is 0. The molecule has 1 aliphatic rings. The van der Waals surface area contributed by atoms with Gasteiger partial charge in [0.2, 0.25) is 0 Å². The predicted octanol–water partition coefficient (Wildman–Crippen LogP) is 4.75. The summed E-state index contributed by atoms with van der Waals surface area (Å²) in [5.41, 5.74) is 1.92. The molecule has 124 valence electrons. The first kappa shape index (κ1) is 16.3. The van der Waals surface area contributed by atoms with Gasteiger partial charge in [-0.2, -0.15) is 0 Å². The molecular weight excluding hydrogens is 298 g/mol. The molecule has 0 bridgehead atoms. The van der Waals surface area contributed by atoms with E-state index in [1.54, 1.807) is 4.90 Å². The molecule has 0 spiro atoms. The highest BCUT2D eigenvalue weighted by Crippen LogP contribution is 2.35. The number of carbonyl (C=O) groups is 1. The summed E-state index contributed by atoms with van der Waals surface area (Å²) >= 11 is 0. The molecule has 1 fully saturated rings. The summed E-state index contributed by atoms with van der Waals surface area (Å²) < 4.78 is 5.44. The maximum atomic E-state index is 12.4. The number of rotatable bonds is 5. The van der Waals surface area contributed by atoms with Gasteiger partial charge >= 0.3 is 6.09 Å². The van der Waals surface area contributed by atoms with E-state index in [4.69, 9.17) is 4.74 Å². The van der Waals surface area contributed by atoms with Crippen LogP contribution in [0.4, 0.5) is 4.79 Å². The minimum atomic E-state index is -0.357. The molecule has 0 radical (unpaired) electrons. The Morgan fingerprint density at radius 1 is 1.08 bits per heavy atom. The van der Waals surface area contributed by atoms with Crippen molar-refractivity contribution >= 4 is 12.2 Å².